The highest BCUT2D eigenvalue weighted by Gasteiger charge is 2.37. The third-order valence-electron chi connectivity index (χ3n) is 4.48. The minimum absolute atomic E-state index is 0.404. The van der Waals surface area contributed by atoms with E-state index in [2.05, 4.69) is 31.2 Å². The van der Waals surface area contributed by atoms with Crippen LogP contribution in [0, 0.1) is 11.3 Å². The Morgan fingerprint density at radius 2 is 2.26 bits per heavy atom. The maximum absolute atomic E-state index is 6.37. The second-order valence-electron chi connectivity index (χ2n) is 6.58. The number of nitrogens with one attached hydrogen (secondary N) is 1. The van der Waals surface area contributed by atoms with Crippen LogP contribution >= 0.6 is 11.6 Å². The highest BCUT2D eigenvalue weighted by molar-refractivity contribution is 6.31. The molecule has 108 valence electrons. The van der Waals surface area contributed by atoms with E-state index in [9.17, 15) is 0 Å². The Hall–Kier alpha value is -0.540. The highest BCUT2D eigenvalue weighted by atomic mass is 35.5. The Morgan fingerprint density at radius 3 is 2.84 bits per heavy atom. The van der Waals surface area contributed by atoms with Crippen molar-refractivity contribution in [3.8, 4) is 0 Å². The van der Waals surface area contributed by atoms with Gasteiger partial charge in [0, 0.05) is 13.0 Å². The molecule has 0 aliphatic heterocycles. The summed E-state index contributed by atoms with van der Waals surface area (Å²) in [6.07, 6.45) is 5.55. The van der Waals surface area contributed by atoms with Gasteiger partial charge in [0.1, 0.15) is 0 Å². The number of hydrogen-bond donors (Lipinski definition) is 1. The molecule has 1 fully saturated rings. The van der Waals surface area contributed by atoms with Crippen LogP contribution in [-0.2, 0) is 7.05 Å². The van der Waals surface area contributed by atoms with Crippen LogP contribution in [0.5, 0.6) is 0 Å². The van der Waals surface area contributed by atoms with E-state index < -0.39 is 0 Å². The van der Waals surface area contributed by atoms with Gasteiger partial charge >= 0.3 is 0 Å². The molecule has 1 aromatic rings. The topological polar surface area (TPSA) is 29.9 Å². The molecule has 0 bridgehead atoms. The first-order chi connectivity index (χ1) is 8.94. The van der Waals surface area contributed by atoms with Crippen molar-refractivity contribution < 1.29 is 0 Å². The molecule has 1 aliphatic carbocycles. The first kappa shape index (κ1) is 14.9. The molecule has 19 heavy (non-hydrogen) atoms. The molecule has 3 nitrogen and oxygen atoms in total. The normalized spacial score (nSPS) is 26.6. The van der Waals surface area contributed by atoms with Crippen molar-refractivity contribution in [1.29, 1.82) is 0 Å². The molecule has 1 saturated carbocycles. The largest absolute Gasteiger partial charge is 0.317 e. The molecule has 0 spiro atoms. The molecule has 1 aliphatic rings. The van der Waals surface area contributed by atoms with Gasteiger partial charge in [0.15, 0.2) is 0 Å². The van der Waals surface area contributed by atoms with Crippen LogP contribution in [0.3, 0.4) is 0 Å². The van der Waals surface area contributed by atoms with Crippen LogP contribution in [-0.4, -0.2) is 22.9 Å². The summed E-state index contributed by atoms with van der Waals surface area (Å²) in [5.41, 5.74) is 1.62. The Bertz CT molecular complexity index is 406. The van der Waals surface area contributed by atoms with Gasteiger partial charge in [-0.15, -0.1) is 0 Å². The van der Waals surface area contributed by atoms with Crippen LogP contribution < -0.4 is 5.32 Å². The summed E-state index contributed by atoms with van der Waals surface area (Å²) in [5.74, 6) is 1.18. The molecule has 1 aromatic heterocycles. The number of rotatable bonds is 4. The van der Waals surface area contributed by atoms with Gasteiger partial charge in [-0.1, -0.05) is 32.4 Å². The Kier molecular flexibility index (Phi) is 4.57. The molecule has 2 atom stereocenters. The molecule has 0 aromatic carbocycles. The van der Waals surface area contributed by atoms with E-state index in [4.69, 9.17) is 11.6 Å². The molecule has 2 rings (SSSR count). The third-order valence-corrected chi connectivity index (χ3v) is 4.77. The summed E-state index contributed by atoms with van der Waals surface area (Å²) in [6, 6.07) is 0. The molecule has 0 radical (unpaired) electrons. The van der Waals surface area contributed by atoms with E-state index in [0.717, 1.165) is 18.1 Å². The van der Waals surface area contributed by atoms with Crippen molar-refractivity contribution in [1.82, 2.24) is 15.1 Å². The second-order valence-corrected chi connectivity index (χ2v) is 6.99. The summed E-state index contributed by atoms with van der Waals surface area (Å²) < 4.78 is 1.97. The lowest BCUT2D eigenvalue weighted by atomic mass is 9.66. The van der Waals surface area contributed by atoms with E-state index >= 15 is 0 Å². The quantitative estimate of drug-likeness (QED) is 0.915. The second kappa shape index (κ2) is 5.84. The molecule has 0 saturated heterocycles. The van der Waals surface area contributed by atoms with Gasteiger partial charge in [-0.25, -0.2) is 0 Å². The third kappa shape index (κ3) is 3.32. The zero-order chi connectivity index (χ0) is 14.0. The van der Waals surface area contributed by atoms with Crippen molar-refractivity contribution in [3.63, 3.8) is 0 Å². The highest BCUT2D eigenvalue weighted by Crippen LogP contribution is 2.47. The first-order valence-corrected chi connectivity index (χ1v) is 7.70. The lowest BCUT2D eigenvalue weighted by molar-refractivity contribution is 0.155. The number of aryl methyl sites for hydroxylation is 1. The van der Waals surface area contributed by atoms with Crippen molar-refractivity contribution in [3.05, 3.63) is 16.9 Å². The van der Waals surface area contributed by atoms with Gasteiger partial charge in [0.05, 0.1) is 16.9 Å². The molecule has 2 unspecified atom stereocenters. The fourth-order valence-electron chi connectivity index (χ4n) is 3.37. The maximum atomic E-state index is 6.37. The fraction of sp³-hybridized carbons (Fsp3) is 0.800. The molecule has 1 heterocycles. The summed E-state index contributed by atoms with van der Waals surface area (Å²) in [5, 5.41) is 8.65. The summed E-state index contributed by atoms with van der Waals surface area (Å²) in [6.45, 7) is 9.02. The van der Waals surface area contributed by atoms with Crippen molar-refractivity contribution >= 4 is 11.6 Å². The molecular weight excluding hydrogens is 258 g/mol. The Morgan fingerprint density at radius 1 is 1.53 bits per heavy atom. The average molecular weight is 284 g/mol. The van der Waals surface area contributed by atoms with Crippen molar-refractivity contribution in [2.24, 2.45) is 18.4 Å². The van der Waals surface area contributed by atoms with Gasteiger partial charge in [-0.3, -0.25) is 4.68 Å². The van der Waals surface area contributed by atoms with E-state index in [-0.39, 0.29) is 0 Å². The van der Waals surface area contributed by atoms with E-state index in [0.29, 0.717) is 17.3 Å². The number of halogens is 1. The lowest BCUT2D eigenvalue weighted by Gasteiger charge is -2.41. The van der Waals surface area contributed by atoms with Crippen molar-refractivity contribution in [2.45, 2.75) is 46.0 Å². The molecule has 0 amide bonds. The monoisotopic (exact) mass is 283 g/mol. The number of hydrogen-bond acceptors (Lipinski definition) is 2. The Labute approximate surface area is 121 Å². The van der Waals surface area contributed by atoms with E-state index in [1.54, 1.807) is 6.20 Å². The van der Waals surface area contributed by atoms with Crippen LogP contribution in [0.15, 0.2) is 6.20 Å². The molecule has 4 heteroatoms. The smallest absolute Gasteiger partial charge is 0.0820 e. The summed E-state index contributed by atoms with van der Waals surface area (Å²) in [4.78, 5) is 0. The zero-order valence-corrected chi connectivity index (χ0v) is 13.3. The molecular formula is C15H26ClN3. The van der Waals surface area contributed by atoms with Gasteiger partial charge in [-0.2, -0.15) is 5.10 Å². The fourth-order valence-corrected chi connectivity index (χ4v) is 3.68. The SMILES string of the molecule is CCNCC1CCC(C)(C)CC1c1c(Cl)cnn1C. The predicted octanol–water partition coefficient (Wildman–Crippen LogP) is 3.59. The predicted molar refractivity (Wildman–Crippen MR) is 80.6 cm³/mol. The van der Waals surface area contributed by atoms with Gasteiger partial charge in [0.2, 0.25) is 0 Å². The maximum Gasteiger partial charge on any atom is 0.0820 e. The van der Waals surface area contributed by atoms with Gasteiger partial charge in [0.25, 0.3) is 0 Å². The standard InChI is InChI=1S/C15H26ClN3/c1-5-17-9-11-6-7-15(2,3)8-12(11)14-13(16)10-18-19(14)4/h10-12,17H,5-9H2,1-4H3. The van der Waals surface area contributed by atoms with E-state index in [1.807, 2.05) is 11.7 Å². The van der Waals surface area contributed by atoms with Crippen LogP contribution in [0.1, 0.15) is 51.6 Å². The van der Waals surface area contributed by atoms with Gasteiger partial charge in [-0.05, 0) is 43.7 Å². The van der Waals surface area contributed by atoms with Crippen molar-refractivity contribution in [2.75, 3.05) is 13.1 Å². The van der Waals surface area contributed by atoms with Crippen LogP contribution in [0.2, 0.25) is 5.02 Å². The lowest BCUT2D eigenvalue weighted by Crippen LogP contribution is -2.35. The number of nitrogens with zero attached hydrogens (tertiary/aromatic N) is 2. The van der Waals surface area contributed by atoms with Crippen LogP contribution in [0.4, 0.5) is 0 Å². The van der Waals surface area contributed by atoms with Crippen LogP contribution in [0.25, 0.3) is 0 Å². The molecule has 1 N–H and O–H groups in total. The first-order valence-electron chi connectivity index (χ1n) is 7.32. The Balaban J connectivity index is 2.25. The summed E-state index contributed by atoms with van der Waals surface area (Å²) in [7, 11) is 2.01. The number of aromatic nitrogens is 2. The van der Waals surface area contributed by atoms with Gasteiger partial charge < -0.3 is 5.32 Å². The minimum atomic E-state index is 0.404. The zero-order valence-electron chi connectivity index (χ0n) is 12.5. The van der Waals surface area contributed by atoms with E-state index in [1.165, 1.54) is 25.0 Å². The average Bonchev–Trinajstić information content (AvgIpc) is 2.67. The summed E-state index contributed by atoms with van der Waals surface area (Å²) >= 11 is 6.37. The minimum Gasteiger partial charge on any atom is -0.317 e.